The molecule has 1 N–H and O–H groups in total. The van der Waals surface area contributed by atoms with Gasteiger partial charge in [0.25, 0.3) is 5.91 Å². The summed E-state index contributed by atoms with van der Waals surface area (Å²) >= 11 is 5.71. The lowest BCUT2D eigenvalue weighted by atomic mass is 10.1. The molecule has 2 heterocycles. The molecule has 82 valence electrons. The number of furan rings is 1. The molecule has 15 heavy (non-hydrogen) atoms. The normalized spacial score (nSPS) is 25.9. The number of aliphatic hydroxyl groups is 1. The van der Waals surface area contributed by atoms with Crippen LogP contribution in [-0.4, -0.2) is 35.1 Å². The molecular formula is C10H12ClNO3. The smallest absolute Gasteiger partial charge is 0.258 e. The molecule has 0 aliphatic carbocycles. The number of hydrogen-bond donors (Lipinski definition) is 1. The van der Waals surface area contributed by atoms with Crippen molar-refractivity contribution < 1.29 is 14.3 Å². The van der Waals surface area contributed by atoms with Crippen LogP contribution in [0.4, 0.5) is 0 Å². The summed E-state index contributed by atoms with van der Waals surface area (Å²) in [6.07, 6.45) is 0.936. The molecule has 1 aliphatic rings. The zero-order valence-corrected chi connectivity index (χ0v) is 9.07. The summed E-state index contributed by atoms with van der Waals surface area (Å²) in [6, 6.07) is 1.54. The highest BCUT2D eigenvalue weighted by Gasteiger charge is 2.32. The second kappa shape index (κ2) is 3.87. The quantitative estimate of drug-likeness (QED) is 0.792. The average Bonchev–Trinajstić information content (AvgIpc) is 2.74. The van der Waals surface area contributed by atoms with E-state index in [-0.39, 0.29) is 17.0 Å². The highest BCUT2D eigenvalue weighted by Crippen LogP contribution is 2.23. The molecule has 1 saturated heterocycles. The van der Waals surface area contributed by atoms with Gasteiger partial charge in [-0.2, -0.15) is 0 Å². The molecule has 1 aliphatic heterocycles. The Hall–Kier alpha value is -1.00. The van der Waals surface area contributed by atoms with E-state index < -0.39 is 6.10 Å². The van der Waals surface area contributed by atoms with Crippen molar-refractivity contribution in [2.24, 2.45) is 5.92 Å². The summed E-state index contributed by atoms with van der Waals surface area (Å²) in [4.78, 5) is 13.5. The third-order valence-corrected chi connectivity index (χ3v) is 3.00. The van der Waals surface area contributed by atoms with Gasteiger partial charge in [0.2, 0.25) is 5.22 Å². The molecule has 0 bridgehead atoms. The lowest BCUT2D eigenvalue weighted by Crippen LogP contribution is -2.29. The van der Waals surface area contributed by atoms with Gasteiger partial charge in [-0.25, -0.2) is 0 Å². The Morgan fingerprint density at radius 1 is 1.67 bits per heavy atom. The third kappa shape index (κ3) is 1.87. The summed E-state index contributed by atoms with van der Waals surface area (Å²) in [6.45, 7) is 2.83. The van der Waals surface area contributed by atoms with Gasteiger partial charge in [0.1, 0.15) is 0 Å². The molecule has 4 nitrogen and oxygen atoms in total. The van der Waals surface area contributed by atoms with Crippen LogP contribution in [0.15, 0.2) is 16.7 Å². The van der Waals surface area contributed by atoms with E-state index in [1.54, 1.807) is 11.0 Å². The Morgan fingerprint density at radius 3 is 2.87 bits per heavy atom. The minimum Gasteiger partial charge on any atom is -0.452 e. The van der Waals surface area contributed by atoms with Crippen molar-refractivity contribution in [3.63, 3.8) is 0 Å². The van der Waals surface area contributed by atoms with Crippen molar-refractivity contribution in [2.75, 3.05) is 13.1 Å². The molecular weight excluding hydrogens is 218 g/mol. The van der Waals surface area contributed by atoms with Crippen LogP contribution in [0.3, 0.4) is 0 Å². The van der Waals surface area contributed by atoms with Gasteiger partial charge in [-0.15, -0.1) is 0 Å². The molecule has 2 atom stereocenters. The fourth-order valence-electron chi connectivity index (χ4n) is 1.73. The number of nitrogens with zero attached hydrogens (tertiary/aromatic N) is 1. The predicted octanol–water partition coefficient (Wildman–Crippen LogP) is 1.39. The highest BCUT2D eigenvalue weighted by molar-refractivity contribution is 6.32. The molecule has 0 radical (unpaired) electrons. The highest BCUT2D eigenvalue weighted by atomic mass is 35.5. The summed E-state index contributed by atoms with van der Waals surface area (Å²) < 4.78 is 4.85. The summed E-state index contributed by atoms with van der Waals surface area (Å²) in [7, 11) is 0. The Morgan fingerprint density at radius 2 is 2.40 bits per heavy atom. The van der Waals surface area contributed by atoms with Gasteiger partial charge in [-0.05, 0) is 17.7 Å². The van der Waals surface area contributed by atoms with Crippen molar-refractivity contribution in [2.45, 2.75) is 13.0 Å². The van der Waals surface area contributed by atoms with E-state index in [2.05, 4.69) is 0 Å². The Kier molecular flexibility index (Phi) is 2.71. The van der Waals surface area contributed by atoms with Crippen LogP contribution in [0.2, 0.25) is 5.22 Å². The monoisotopic (exact) mass is 229 g/mol. The van der Waals surface area contributed by atoms with Crippen molar-refractivity contribution in [1.29, 1.82) is 0 Å². The number of hydrogen-bond acceptors (Lipinski definition) is 3. The Balaban J connectivity index is 2.13. The number of halogens is 1. The summed E-state index contributed by atoms with van der Waals surface area (Å²) in [5.41, 5.74) is 0.359. The van der Waals surface area contributed by atoms with Crippen LogP contribution in [0, 0.1) is 5.92 Å². The molecule has 0 saturated carbocycles. The maximum absolute atomic E-state index is 11.9. The van der Waals surface area contributed by atoms with Crippen LogP contribution in [0.1, 0.15) is 17.3 Å². The maximum atomic E-state index is 11.9. The van der Waals surface area contributed by atoms with E-state index in [9.17, 15) is 9.90 Å². The molecule has 1 aromatic rings. The molecule has 0 aromatic carbocycles. The van der Waals surface area contributed by atoms with Gasteiger partial charge in [-0.3, -0.25) is 4.79 Å². The minimum absolute atomic E-state index is 0.106. The van der Waals surface area contributed by atoms with E-state index >= 15 is 0 Å². The van der Waals surface area contributed by atoms with Crippen molar-refractivity contribution in [3.8, 4) is 0 Å². The molecule has 1 aromatic heterocycles. The first-order valence-electron chi connectivity index (χ1n) is 4.80. The molecule has 2 unspecified atom stereocenters. The number of aliphatic hydroxyl groups excluding tert-OH is 1. The van der Waals surface area contributed by atoms with E-state index in [0.29, 0.717) is 18.7 Å². The van der Waals surface area contributed by atoms with E-state index in [1.807, 2.05) is 6.92 Å². The van der Waals surface area contributed by atoms with E-state index in [0.717, 1.165) is 0 Å². The number of carbonyl (C=O) groups is 1. The number of β-amino-alcohol motifs (C(OH)–C–C–N with tert-alkyl or cyclic N) is 1. The largest absolute Gasteiger partial charge is 0.452 e. The topological polar surface area (TPSA) is 53.7 Å². The molecule has 0 spiro atoms. The first kappa shape index (κ1) is 10.5. The SMILES string of the molecule is CC1CN(C(=O)c2ccoc2Cl)CC1O. The van der Waals surface area contributed by atoms with Crippen LogP contribution in [0.25, 0.3) is 0 Å². The zero-order chi connectivity index (χ0) is 11.0. The van der Waals surface area contributed by atoms with Crippen molar-refractivity contribution in [3.05, 3.63) is 23.1 Å². The lowest BCUT2D eigenvalue weighted by molar-refractivity contribution is 0.0764. The minimum atomic E-state index is -0.445. The van der Waals surface area contributed by atoms with Gasteiger partial charge in [0, 0.05) is 19.0 Å². The maximum Gasteiger partial charge on any atom is 0.258 e. The van der Waals surface area contributed by atoms with Crippen LogP contribution in [0.5, 0.6) is 0 Å². The standard InChI is InChI=1S/C10H12ClNO3/c1-6-4-12(5-8(6)13)10(14)7-2-3-15-9(7)11/h2-3,6,8,13H,4-5H2,1H3. The number of rotatable bonds is 1. The Bertz CT molecular complexity index is 366. The molecule has 5 heteroatoms. The fraction of sp³-hybridized carbons (Fsp3) is 0.500. The first-order chi connectivity index (χ1) is 7.09. The zero-order valence-electron chi connectivity index (χ0n) is 8.31. The van der Waals surface area contributed by atoms with Gasteiger partial charge in [0.15, 0.2) is 0 Å². The van der Waals surface area contributed by atoms with Gasteiger partial charge in [0.05, 0.1) is 17.9 Å². The fourth-order valence-corrected chi connectivity index (χ4v) is 1.93. The van der Waals surface area contributed by atoms with Gasteiger partial charge in [-0.1, -0.05) is 6.92 Å². The Labute approximate surface area is 92.4 Å². The van der Waals surface area contributed by atoms with E-state index in [1.165, 1.54) is 6.26 Å². The van der Waals surface area contributed by atoms with Gasteiger partial charge < -0.3 is 14.4 Å². The molecule has 1 amide bonds. The van der Waals surface area contributed by atoms with Crippen LogP contribution in [-0.2, 0) is 0 Å². The van der Waals surface area contributed by atoms with Crippen molar-refractivity contribution >= 4 is 17.5 Å². The molecule has 1 fully saturated rings. The van der Waals surface area contributed by atoms with Crippen molar-refractivity contribution in [1.82, 2.24) is 4.90 Å². The van der Waals surface area contributed by atoms with E-state index in [4.69, 9.17) is 16.0 Å². The van der Waals surface area contributed by atoms with Crippen LogP contribution < -0.4 is 0 Å². The molecule has 2 rings (SSSR count). The van der Waals surface area contributed by atoms with Gasteiger partial charge >= 0.3 is 0 Å². The lowest BCUT2D eigenvalue weighted by Gasteiger charge is -2.14. The number of carbonyl (C=O) groups excluding carboxylic acids is 1. The predicted molar refractivity (Wildman–Crippen MR) is 54.8 cm³/mol. The number of amides is 1. The third-order valence-electron chi connectivity index (χ3n) is 2.71. The second-order valence-electron chi connectivity index (χ2n) is 3.86. The summed E-state index contributed by atoms with van der Waals surface area (Å²) in [5, 5.41) is 9.64. The first-order valence-corrected chi connectivity index (χ1v) is 5.17. The summed E-state index contributed by atoms with van der Waals surface area (Å²) in [5.74, 6) is -0.0724. The van der Waals surface area contributed by atoms with Crippen LogP contribution >= 0.6 is 11.6 Å². The average molecular weight is 230 g/mol. The number of likely N-dealkylation sites (tertiary alicyclic amines) is 1. The second-order valence-corrected chi connectivity index (χ2v) is 4.21.